The Hall–Kier alpha value is -2.09. The van der Waals surface area contributed by atoms with Gasteiger partial charge in [-0.05, 0) is 31.0 Å². The SMILES string of the molecule is C#CC(CC)(CC)NC(=O)c1cccc(OC(F)F)c1. The van der Waals surface area contributed by atoms with Crippen molar-refractivity contribution in [1.82, 2.24) is 5.32 Å². The van der Waals surface area contributed by atoms with Gasteiger partial charge < -0.3 is 10.1 Å². The summed E-state index contributed by atoms with van der Waals surface area (Å²) in [5.74, 6) is 2.11. The Labute approximate surface area is 117 Å². The topological polar surface area (TPSA) is 38.3 Å². The molecule has 20 heavy (non-hydrogen) atoms. The first-order chi connectivity index (χ1) is 9.46. The van der Waals surface area contributed by atoms with Crippen LogP contribution < -0.4 is 10.1 Å². The number of benzene rings is 1. The van der Waals surface area contributed by atoms with Crippen LogP contribution in [0, 0.1) is 12.3 Å². The fraction of sp³-hybridized carbons (Fsp3) is 0.400. The van der Waals surface area contributed by atoms with Gasteiger partial charge in [-0.2, -0.15) is 8.78 Å². The number of carbonyl (C=O) groups is 1. The number of hydrogen-bond acceptors (Lipinski definition) is 2. The van der Waals surface area contributed by atoms with Crippen molar-refractivity contribution in [2.75, 3.05) is 0 Å². The molecule has 0 radical (unpaired) electrons. The zero-order valence-electron chi connectivity index (χ0n) is 11.5. The summed E-state index contributed by atoms with van der Waals surface area (Å²) in [6.07, 6.45) is 6.63. The van der Waals surface area contributed by atoms with E-state index >= 15 is 0 Å². The summed E-state index contributed by atoms with van der Waals surface area (Å²) >= 11 is 0. The smallest absolute Gasteiger partial charge is 0.387 e. The number of halogens is 2. The maximum absolute atomic E-state index is 12.1. The number of terminal acetylenes is 1. The van der Waals surface area contributed by atoms with Crippen molar-refractivity contribution < 1.29 is 18.3 Å². The summed E-state index contributed by atoms with van der Waals surface area (Å²) in [4.78, 5) is 12.1. The van der Waals surface area contributed by atoms with Crippen LogP contribution in [0.25, 0.3) is 0 Å². The largest absolute Gasteiger partial charge is 0.435 e. The predicted octanol–water partition coefficient (Wildman–Crippen LogP) is 3.21. The number of amides is 1. The first-order valence-electron chi connectivity index (χ1n) is 6.31. The van der Waals surface area contributed by atoms with Crippen molar-refractivity contribution in [1.29, 1.82) is 0 Å². The molecule has 1 aromatic rings. The second kappa shape index (κ2) is 6.90. The van der Waals surface area contributed by atoms with E-state index in [1.54, 1.807) is 0 Å². The lowest BCUT2D eigenvalue weighted by Gasteiger charge is -2.27. The fourth-order valence-corrected chi connectivity index (χ4v) is 1.77. The van der Waals surface area contributed by atoms with Gasteiger partial charge in [0.15, 0.2) is 0 Å². The summed E-state index contributed by atoms with van der Waals surface area (Å²) in [6.45, 7) is 0.823. The van der Waals surface area contributed by atoms with Crippen LogP contribution in [-0.4, -0.2) is 18.1 Å². The quantitative estimate of drug-likeness (QED) is 0.813. The van der Waals surface area contributed by atoms with Gasteiger partial charge in [0.05, 0.1) is 0 Å². The fourth-order valence-electron chi connectivity index (χ4n) is 1.77. The van der Waals surface area contributed by atoms with E-state index in [0.717, 1.165) is 0 Å². The maximum atomic E-state index is 12.1. The second-order valence-corrected chi connectivity index (χ2v) is 4.29. The Balaban J connectivity index is 2.90. The number of hydrogen-bond donors (Lipinski definition) is 1. The highest BCUT2D eigenvalue weighted by Gasteiger charge is 2.25. The number of alkyl halides is 2. The van der Waals surface area contributed by atoms with Crippen molar-refractivity contribution in [2.45, 2.75) is 38.8 Å². The van der Waals surface area contributed by atoms with Gasteiger partial charge in [-0.3, -0.25) is 4.79 Å². The normalized spacial score (nSPS) is 11.0. The van der Waals surface area contributed by atoms with Crippen LogP contribution in [0.5, 0.6) is 5.75 Å². The molecule has 0 atom stereocenters. The van der Waals surface area contributed by atoms with E-state index in [4.69, 9.17) is 6.42 Å². The molecular weight excluding hydrogens is 264 g/mol. The molecule has 0 saturated heterocycles. The third-order valence-electron chi connectivity index (χ3n) is 3.16. The highest BCUT2D eigenvalue weighted by atomic mass is 19.3. The highest BCUT2D eigenvalue weighted by molar-refractivity contribution is 5.95. The van der Waals surface area contributed by atoms with Gasteiger partial charge >= 0.3 is 6.61 Å². The van der Waals surface area contributed by atoms with Gasteiger partial charge in [0.1, 0.15) is 11.3 Å². The lowest BCUT2D eigenvalue weighted by molar-refractivity contribution is -0.0498. The molecule has 0 unspecified atom stereocenters. The van der Waals surface area contributed by atoms with Crippen LogP contribution in [0.15, 0.2) is 24.3 Å². The number of nitrogens with one attached hydrogen (secondary N) is 1. The van der Waals surface area contributed by atoms with E-state index in [1.807, 2.05) is 13.8 Å². The number of carbonyl (C=O) groups excluding carboxylic acids is 1. The van der Waals surface area contributed by atoms with E-state index < -0.39 is 18.1 Å². The van der Waals surface area contributed by atoms with Crippen molar-refractivity contribution in [3.05, 3.63) is 29.8 Å². The van der Waals surface area contributed by atoms with Crippen molar-refractivity contribution in [2.24, 2.45) is 0 Å². The Morgan fingerprint density at radius 1 is 1.45 bits per heavy atom. The Morgan fingerprint density at radius 3 is 2.60 bits per heavy atom. The lowest BCUT2D eigenvalue weighted by Crippen LogP contribution is -2.46. The predicted molar refractivity (Wildman–Crippen MR) is 72.7 cm³/mol. The minimum atomic E-state index is -2.93. The van der Waals surface area contributed by atoms with E-state index in [2.05, 4.69) is 16.0 Å². The van der Waals surface area contributed by atoms with E-state index in [0.29, 0.717) is 12.8 Å². The molecule has 0 spiro atoms. The zero-order chi connectivity index (χ0) is 15.2. The molecule has 0 aromatic heterocycles. The van der Waals surface area contributed by atoms with Crippen molar-refractivity contribution in [3.8, 4) is 18.1 Å². The van der Waals surface area contributed by atoms with Crippen molar-refractivity contribution in [3.63, 3.8) is 0 Å². The molecule has 3 nitrogen and oxygen atoms in total. The minimum absolute atomic E-state index is 0.0630. The van der Waals surface area contributed by atoms with Gasteiger partial charge in [-0.15, -0.1) is 6.42 Å². The molecule has 0 bridgehead atoms. The summed E-state index contributed by atoms with van der Waals surface area (Å²) in [5.41, 5.74) is -0.499. The van der Waals surface area contributed by atoms with Gasteiger partial charge in [0, 0.05) is 5.56 Å². The Morgan fingerprint density at radius 2 is 2.10 bits per heavy atom. The van der Waals surface area contributed by atoms with Gasteiger partial charge in [0.2, 0.25) is 0 Å². The van der Waals surface area contributed by atoms with Gasteiger partial charge in [0.25, 0.3) is 5.91 Å². The van der Waals surface area contributed by atoms with E-state index in [9.17, 15) is 13.6 Å². The summed E-state index contributed by atoms with van der Waals surface area (Å²) in [5, 5.41) is 2.76. The molecule has 1 amide bonds. The third-order valence-corrected chi connectivity index (χ3v) is 3.16. The van der Waals surface area contributed by atoms with E-state index in [-0.39, 0.29) is 11.3 Å². The third kappa shape index (κ3) is 3.95. The van der Waals surface area contributed by atoms with Crippen LogP contribution in [0.1, 0.15) is 37.0 Å². The zero-order valence-corrected chi connectivity index (χ0v) is 11.5. The average Bonchev–Trinajstić information content (AvgIpc) is 2.44. The minimum Gasteiger partial charge on any atom is -0.435 e. The monoisotopic (exact) mass is 281 g/mol. The molecule has 108 valence electrons. The van der Waals surface area contributed by atoms with Gasteiger partial charge in [-0.25, -0.2) is 0 Å². The molecule has 1 rings (SSSR count). The maximum Gasteiger partial charge on any atom is 0.387 e. The molecule has 0 fully saturated rings. The summed E-state index contributed by atoms with van der Waals surface area (Å²) < 4.78 is 28.5. The molecular formula is C15H17F2NO2. The molecule has 0 saturated carbocycles. The summed E-state index contributed by atoms with van der Waals surface area (Å²) in [7, 11) is 0. The Bertz CT molecular complexity index is 505. The molecule has 0 heterocycles. The van der Waals surface area contributed by atoms with Gasteiger partial charge in [-0.1, -0.05) is 25.8 Å². The first-order valence-corrected chi connectivity index (χ1v) is 6.31. The molecule has 0 aliphatic rings. The van der Waals surface area contributed by atoms with Crippen LogP contribution >= 0.6 is 0 Å². The molecule has 0 aliphatic heterocycles. The summed E-state index contributed by atoms with van der Waals surface area (Å²) in [6, 6.07) is 5.60. The number of rotatable bonds is 6. The van der Waals surface area contributed by atoms with Crippen molar-refractivity contribution >= 4 is 5.91 Å². The van der Waals surface area contributed by atoms with E-state index in [1.165, 1.54) is 24.3 Å². The first kappa shape index (κ1) is 16.0. The molecule has 1 N–H and O–H groups in total. The second-order valence-electron chi connectivity index (χ2n) is 4.29. The Kier molecular flexibility index (Phi) is 5.51. The van der Waals surface area contributed by atoms with Crippen LogP contribution in [0.4, 0.5) is 8.78 Å². The highest BCUT2D eigenvalue weighted by Crippen LogP contribution is 2.18. The number of ether oxygens (including phenoxy) is 1. The average molecular weight is 281 g/mol. The van der Waals surface area contributed by atoms with Crippen LogP contribution in [-0.2, 0) is 0 Å². The van der Waals surface area contributed by atoms with Crippen LogP contribution in [0.2, 0.25) is 0 Å². The lowest BCUT2D eigenvalue weighted by atomic mass is 9.93. The molecule has 1 aromatic carbocycles. The van der Waals surface area contributed by atoms with Crippen LogP contribution in [0.3, 0.4) is 0 Å². The molecule has 0 aliphatic carbocycles. The standard InChI is InChI=1S/C15H17F2NO2/c1-4-15(5-2,6-3)18-13(19)11-8-7-9-12(10-11)20-14(16)17/h1,7-10,14H,5-6H2,2-3H3,(H,18,19). The molecule has 5 heteroatoms.